The Labute approximate surface area is 106 Å². The lowest BCUT2D eigenvalue weighted by atomic mass is 10.2. The molecule has 4 nitrogen and oxygen atoms in total. The molecule has 0 atom stereocenters. The molecule has 0 aliphatic heterocycles. The van der Waals surface area contributed by atoms with Crippen LogP contribution >= 0.6 is 0 Å². The van der Waals surface area contributed by atoms with E-state index in [2.05, 4.69) is 11.1 Å². The van der Waals surface area contributed by atoms with Gasteiger partial charge < -0.3 is 9.64 Å². The van der Waals surface area contributed by atoms with Gasteiger partial charge in [-0.15, -0.1) is 0 Å². The zero-order chi connectivity index (χ0) is 13.0. The number of methoxy groups -OCH3 is 1. The zero-order valence-electron chi connectivity index (χ0n) is 10.3. The number of anilines is 2. The Balaban J connectivity index is 2.29. The van der Waals surface area contributed by atoms with Crippen LogP contribution in [0.15, 0.2) is 42.6 Å². The number of nitrogens with zero attached hydrogens (tertiary/aromatic N) is 3. The fraction of sp³-hybridized carbons (Fsp3) is 0.143. The Morgan fingerprint density at radius 3 is 2.72 bits per heavy atom. The van der Waals surface area contributed by atoms with Gasteiger partial charge in [-0.2, -0.15) is 5.26 Å². The summed E-state index contributed by atoms with van der Waals surface area (Å²) >= 11 is 0. The maximum atomic E-state index is 8.88. The summed E-state index contributed by atoms with van der Waals surface area (Å²) in [5, 5.41) is 8.88. The van der Waals surface area contributed by atoms with Crippen LogP contribution in [0.4, 0.5) is 11.5 Å². The van der Waals surface area contributed by atoms with Crippen LogP contribution in [0.2, 0.25) is 0 Å². The van der Waals surface area contributed by atoms with Crippen LogP contribution in [-0.2, 0) is 0 Å². The minimum Gasteiger partial charge on any atom is -0.495 e. The third-order valence-corrected chi connectivity index (χ3v) is 2.66. The summed E-state index contributed by atoms with van der Waals surface area (Å²) in [5.41, 5.74) is 1.56. The summed E-state index contributed by atoms with van der Waals surface area (Å²) < 4.78 is 5.07. The fourth-order valence-electron chi connectivity index (χ4n) is 1.61. The Kier molecular flexibility index (Phi) is 3.44. The van der Waals surface area contributed by atoms with E-state index in [0.29, 0.717) is 5.56 Å². The molecule has 0 spiro atoms. The fourth-order valence-corrected chi connectivity index (χ4v) is 1.61. The number of hydrogen-bond acceptors (Lipinski definition) is 4. The molecule has 0 saturated heterocycles. The quantitative estimate of drug-likeness (QED) is 0.826. The van der Waals surface area contributed by atoms with Gasteiger partial charge in [0.1, 0.15) is 11.6 Å². The highest BCUT2D eigenvalue weighted by molar-refractivity contribution is 5.61. The summed E-state index contributed by atoms with van der Waals surface area (Å²) in [6, 6.07) is 13.2. The molecule has 0 unspecified atom stereocenters. The highest BCUT2D eigenvalue weighted by Gasteiger charge is 2.06. The van der Waals surface area contributed by atoms with Crippen LogP contribution in [0.1, 0.15) is 5.56 Å². The topological polar surface area (TPSA) is 49.1 Å². The summed E-state index contributed by atoms with van der Waals surface area (Å²) in [7, 11) is 3.52. The maximum Gasteiger partial charge on any atom is 0.137 e. The average molecular weight is 239 g/mol. The van der Waals surface area contributed by atoms with E-state index in [9.17, 15) is 0 Å². The van der Waals surface area contributed by atoms with Crippen molar-refractivity contribution in [2.24, 2.45) is 0 Å². The van der Waals surface area contributed by atoms with E-state index in [1.54, 1.807) is 19.4 Å². The van der Waals surface area contributed by atoms with Gasteiger partial charge in [0.05, 0.1) is 24.9 Å². The second kappa shape index (κ2) is 5.19. The SMILES string of the molecule is COc1ccc(N(C)c2cccc(C#N)c2)nc1. The molecule has 0 amide bonds. The molecule has 0 bridgehead atoms. The lowest BCUT2D eigenvalue weighted by Crippen LogP contribution is -2.11. The summed E-state index contributed by atoms with van der Waals surface area (Å²) in [5.74, 6) is 1.52. The van der Waals surface area contributed by atoms with Crippen LogP contribution in [0.25, 0.3) is 0 Å². The van der Waals surface area contributed by atoms with E-state index in [4.69, 9.17) is 10.00 Å². The van der Waals surface area contributed by atoms with Gasteiger partial charge in [0.15, 0.2) is 0 Å². The number of rotatable bonds is 3. The summed E-state index contributed by atoms with van der Waals surface area (Å²) in [6.45, 7) is 0. The molecule has 4 heteroatoms. The molecule has 2 rings (SSSR count). The predicted octanol–water partition coefficient (Wildman–Crippen LogP) is 2.73. The molecule has 0 fully saturated rings. The molecule has 2 aromatic rings. The standard InChI is InChI=1S/C14H13N3O/c1-17(12-5-3-4-11(8-12)9-15)14-7-6-13(18-2)10-16-14/h3-8,10H,1-2H3. The molecule has 0 aliphatic carbocycles. The molecule has 1 aromatic carbocycles. The van der Waals surface area contributed by atoms with Crippen molar-refractivity contribution in [1.82, 2.24) is 4.98 Å². The minimum atomic E-state index is 0.632. The van der Waals surface area contributed by atoms with E-state index in [0.717, 1.165) is 17.3 Å². The third-order valence-electron chi connectivity index (χ3n) is 2.66. The molecule has 1 heterocycles. The van der Waals surface area contributed by atoms with Crippen molar-refractivity contribution >= 4 is 11.5 Å². The van der Waals surface area contributed by atoms with Crippen LogP contribution in [0, 0.1) is 11.3 Å². The van der Waals surface area contributed by atoms with Gasteiger partial charge in [-0.25, -0.2) is 4.98 Å². The van der Waals surface area contributed by atoms with Crippen LogP contribution in [-0.4, -0.2) is 19.1 Å². The lowest BCUT2D eigenvalue weighted by molar-refractivity contribution is 0.413. The molecule has 90 valence electrons. The molecular formula is C14H13N3O. The number of aromatic nitrogens is 1. The number of hydrogen-bond donors (Lipinski definition) is 0. The first kappa shape index (κ1) is 11.9. The highest BCUT2D eigenvalue weighted by atomic mass is 16.5. The molecule has 0 aliphatic rings. The first-order valence-corrected chi connectivity index (χ1v) is 5.48. The van der Waals surface area contributed by atoms with Crippen molar-refractivity contribution in [3.63, 3.8) is 0 Å². The van der Waals surface area contributed by atoms with Crippen molar-refractivity contribution in [2.45, 2.75) is 0 Å². The monoisotopic (exact) mass is 239 g/mol. The minimum absolute atomic E-state index is 0.632. The van der Waals surface area contributed by atoms with Gasteiger partial charge >= 0.3 is 0 Å². The van der Waals surface area contributed by atoms with Crippen LogP contribution < -0.4 is 9.64 Å². The molecular weight excluding hydrogens is 226 g/mol. The second-order valence-corrected chi connectivity index (χ2v) is 3.78. The van der Waals surface area contributed by atoms with E-state index >= 15 is 0 Å². The maximum absolute atomic E-state index is 8.88. The normalized spacial score (nSPS) is 9.61. The van der Waals surface area contributed by atoms with Crippen molar-refractivity contribution in [3.8, 4) is 11.8 Å². The van der Waals surface area contributed by atoms with Gasteiger partial charge in [-0.3, -0.25) is 0 Å². The Bertz CT molecular complexity index is 572. The average Bonchev–Trinajstić information content (AvgIpc) is 2.46. The van der Waals surface area contributed by atoms with Gasteiger partial charge in [-0.05, 0) is 30.3 Å². The zero-order valence-corrected chi connectivity index (χ0v) is 10.3. The Hall–Kier alpha value is -2.54. The molecule has 0 saturated carbocycles. The van der Waals surface area contributed by atoms with Gasteiger partial charge in [0.2, 0.25) is 0 Å². The molecule has 0 radical (unpaired) electrons. The Morgan fingerprint density at radius 2 is 2.11 bits per heavy atom. The predicted molar refractivity (Wildman–Crippen MR) is 70.0 cm³/mol. The van der Waals surface area contributed by atoms with Gasteiger partial charge in [0, 0.05) is 12.7 Å². The summed E-state index contributed by atoms with van der Waals surface area (Å²) in [6.07, 6.45) is 1.67. The third kappa shape index (κ3) is 2.41. The van der Waals surface area contributed by atoms with Crippen LogP contribution in [0.3, 0.4) is 0 Å². The first-order chi connectivity index (χ1) is 8.74. The number of pyridine rings is 1. The largest absolute Gasteiger partial charge is 0.495 e. The second-order valence-electron chi connectivity index (χ2n) is 3.78. The van der Waals surface area contributed by atoms with Crippen LogP contribution in [0.5, 0.6) is 5.75 Å². The number of nitriles is 1. The smallest absolute Gasteiger partial charge is 0.137 e. The van der Waals surface area contributed by atoms with E-state index in [-0.39, 0.29) is 0 Å². The molecule has 0 N–H and O–H groups in total. The van der Waals surface area contributed by atoms with E-state index in [1.165, 1.54) is 0 Å². The van der Waals surface area contributed by atoms with Crippen molar-refractivity contribution < 1.29 is 4.74 Å². The summed E-state index contributed by atoms with van der Waals surface area (Å²) in [4.78, 5) is 6.22. The van der Waals surface area contributed by atoms with E-state index in [1.807, 2.05) is 42.3 Å². The van der Waals surface area contributed by atoms with Crippen molar-refractivity contribution in [3.05, 3.63) is 48.2 Å². The van der Waals surface area contributed by atoms with Crippen molar-refractivity contribution in [2.75, 3.05) is 19.1 Å². The number of ether oxygens (including phenoxy) is 1. The molecule has 1 aromatic heterocycles. The first-order valence-electron chi connectivity index (χ1n) is 5.48. The van der Waals surface area contributed by atoms with Gasteiger partial charge in [0.25, 0.3) is 0 Å². The van der Waals surface area contributed by atoms with Gasteiger partial charge in [-0.1, -0.05) is 6.07 Å². The lowest BCUT2D eigenvalue weighted by Gasteiger charge is -2.18. The van der Waals surface area contributed by atoms with Crippen molar-refractivity contribution in [1.29, 1.82) is 5.26 Å². The number of benzene rings is 1. The Morgan fingerprint density at radius 1 is 1.28 bits per heavy atom. The molecule has 18 heavy (non-hydrogen) atoms. The highest BCUT2D eigenvalue weighted by Crippen LogP contribution is 2.23. The van der Waals surface area contributed by atoms with E-state index < -0.39 is 0 Å².